The van der Waals surface area contributed by atoms with E-state index in [0.717, 1.165) is 86.5 Å². The first-order valence-corrected chi connectivity index (χ1v) is 14.1. The summed E-state index contributed by atoms with van der Waals surface area (Å²) in [6.07, 6.45) is 0. The zero-order valence-corrected chi connectivity index (χ0v) is 22.8. The largest absolute Gasteiger partial charge is 0.378 e. The van der Waals surface area contributed by atoms with Gasteiger partial charge in [-0.1, -0.05) is 60.7 Å². The minimum Gasteiger partial charge on any atom is -0.378 e. The van der Waals surface area contributed by atoms with Crippen LogP contribution in [0.2, 0.25) is 0 Å². The average molecular weight is 533 g/mol. The van der Waals surface area contributed by atoms with Crippen LogP contribution >= 0.6 is 0 Å². The van der Waals surface area contributed by atoms with Gasteiger partial charge in [-0.25, -0.2) is 0 Å². The molecule has 6 rings (SSSR count). The van der Waals surface area contributed by atoms with Gasteiger partial charge in [0.15, 0.2) is 0 Å². The van der Waals surface area contributed by atoms with Gasteiger partial charge in [0.1, 0.15) is 0 Å². The molecular formula is C34H36N4O2. The average Bonchev–Trinajstić information content (AvgIpc) is 3.05. The Kier molecular flexibility index (Phi) is 8.27. The number of nitrogens with zero attached hydrogens (tertiary/aromatic N) is 2. The second kappa shape index (κ2) is 12.7. The number of rotatable bonds is 8. The number of ether oxygens (including phenoxy) is 2. The van der Waals surface area contributed by atoms with Crippen LogP contribution in [0.5, 0.6) is 0 Å². The van der Waals surface area contributed by atoms with E-state index in [1.54, 1.807) is 0 Å². The summed E-state index contributed by atoms with van der Waals surface area (Å²) in [7, 11) is 0. The molecule has 6 nitrogen and oxygen atoms in total. The maximum absolute atomic E-state index is 5.56. The van der Waals surface area contributed by atoms with Crippen LogP contribution in [0.4, 0.5) is 22.7 Å². The molecule has 0 amide bonds. The van der Waals surface area contributed by atoms with E-state index >= 15 is 0 Å². The number of para-hydroxylation sites is 2. The molecule has 2 saturated heterocycles. The van der Waals surface area contributed by atoms with Gasteiger partial charge in [-0.2, -0.15) is 0 Å². The molecule has 2 fully saturated rings. The minimum absolute atomic E-state index is 0.772. The molecule has 0 aromatic heterocycles. The van der Waals surface area contributed by atoms with E-state index in [1.807, 2.05) is 12.1 Å². The molecule has 0 radical (unpaired) electrons. The number of nitrogens with one attached hydrogen (secondary N) is 2. The molecule has 2 heterocycles. The lowest BCUT2D eigenvalue weighted by Gasteiger charge is -2.29. The summed E-state index contributed by atoms with van der Waals surface area (Å²) in [5.41, 5.74) is 8.76. The topological polar surface area (TPSA) is 49.0 Å². The molecule has 204 valence electrons. The van der Waals surface area contributed by atoms with Crippen LogP contribution in [0, 0.1) is 0 Å². The van der Waals surface area contributed by atoms with Gasteiger partial charge in [-0.05, 0) is 48.5 Å². The van der Waals surface area contributed by atoms with E-state index < -0.39 is 0 Å². The first kappa shape index (κ1) is 26.0. The third-order valence-electron chi connectivity index (χ3n) is 7.40. The van der Waals surface area contributed by atoms with Crippen molar-refractivity contribution in [3.63, 3.8) is 0 Å². The van der Waals surface area contributed by atoms with Gasteiger partial charge in [0.25, 0.3) is 0 Å². The molecule has 0 unspecified atom stereocenters. The Morgan fingerprint density at radius 3 is 1.15 bits per heavy atom. The van der Waals surface area contributed by atoms with Gasteiger partial charge in [-0.3, -0.25) is 0 Å². The van der Waals surface area contributed by atoms with Gasteiger partial charge >= 0.3 is 0 Å². The molecule has 0 spiro atoms. The number of morpholine rings is 2. The van der Waals surface area contributed by atoms with Gasteiger partial charge in [-0.15, -0.1) is 0 Å². The van der Waals surface area contributed by atoms with Crippen molar-refractivity contribution >= 4 is 34.1 Å². The molecular weight excluding hydrogens is 496 g/mol. The third-order valence-corrected chi connectivity index (χ3v) is 7.40. The molecule has 0 bridgehead atoms. The van der Waals surface area contributed by atoms with Gasteiger partial charge in [0.2, 0.25) is 0 Å². The Balaban J connectivity index is 1.42. The summed E-state index contributed by atoms with van der Waals surface area (Å²) in [6, 6.07) is 38.4. The van der Waals surface area contributed by atoms with Crippen LogP contribution in [-0.2, 0) is 9.47 Å². The van der Waals surface area contributed by atoms with Crippen molar-refractivity contribution < 1.29 is 9.47 Å². The van der Waals surface area contributed by atoms with E-state index in [-0.39, 0.29) is 0 Å². The van der Waals surface area contributed by atoms with Crippen molar-refractivity contribution in [2.24, 2.45) is 0 Å². The van der Waals surface area contributed by atoms with Crippen molar-refractivity contribution in [1.82, 2.24) is 0 Å². The van der Waals surface area contributed by atoms with Crippen LogP contribution in [0.3, 0.4) is 0 Å². The van der Waals surface area contributed by atoms with Crippen molar-refractivity contribution in [2.75, 3.05) is 73.0 Å². The van der Waals surface area contributed by atoms with Gasteiger partial charge < -0.3 is 29.9 Å². The van der Waals surface area contributed by atoms with Crippen LogP contribution in [0.25, 0.3) is 11.4 Å². The minimum atomic E-state index is 0.772. The van der Waals surface area contributed by atoms with Crippen molar-refractivity contribution in [3.8, 4) is 0 Å². The highest BCUT2D eigenvalue weighted by molar-refractivity contribution is 6.00. The molecule has 2 aliphatic heterocycles. The predicted octanol–water partition coefficient (Wildman–Crippen LogP) is 6.41. The standard InChI is InChI=1S/C34H36N4O2/c1-3-7-29(8-4-1)35-33(27-11-15-31(16-12-27)37-19-23-39-24-20-37)34(36-30-9-5-2-6-10-30)28-13-17-32(18-14-28)38-21-25-40-26-22-38/h1-18,35-36H,19-26H2. The Morgan fingerprint density at radius 2 is 0.800 bits per heavy atom. The van der Waals surface area contributed by atoms with Crippen LogP contribution in [-0.4, -0.2) is 52.6 Å². The second-order valence-electron chi connectivity index (χ2n) is 10.0. The van der Waals surface area contributed by atoms with Crippen molar-refractivity contribution in [2.45, 2.75) is 0 Å². The maximum Gasteiger partial charge on any atom is 0.0703 e. The normalized spacial score (nSPS) is 16.3. The number of anilines is 4. The number of benzene rings is 4. The predicted molar refractivity (Wildman–Crippen MR) is 166 cm³/mol. The van der Waals surface area contributed by atoms with Gasteiger partial charge in [0.05, 0.1) is 37.8 Å². The molecule has 0 aliphatic carbocycles. The highest BCUT2D eigenvalue weighted by Gasteiger charge is 2.17. The Bertz CT molecular complexity index is 1270. The summed E-state index contributed by atoms with van der Waals surface area (Å²) in [4.78, 5) is 4.77. The SMILES string of the molecule is c1ccc(NC(=C(Nc2ccccc2)c2ccc(N3CCOCC3)cc2)c2ccc(N3CCOCC3)cc2)cc1. The molecule has 0 atom stereocenters. The Labute approximate surface area is 236 Å². The smallest absolute Gasteiger partial charge is 0.0703 e. The van der Waals surface area contributed by atoms with Crippen molar-refractivity contribution in [1.29, 1.82) is 0 Å². The molecule has 4 aromatic carbocycles. The first-order chi connectivity index (χ1) is 19.8. The van der Waals surface area contributed by atoms with Crippen molar-refractivity contribution in [3.05, 3.63) is 120 Å². The highest BCUT2D eigenvalue weighted by atomic mass is 16.5. The second-order valence-corrected chi connectivity index (χ2v) is 10.0. The fourth-order valence-electron chi connectivity index (χ4n) is 5.21. The van der Waals surface area contributed by atoms with E-state index in [1.165, 1.54) is 11.4 Å². The fourth-order valence-corrected chi connectivity index (χ4v) is 5.21. The number of hydrogen-bond donors (Lipinski definition) is 2. The summed E-state index contributed by atoms with van der Waals surface area (Å²) in [6.45, 7) is 6.76. The summed E-state index contributed by atoms with van der Waals surface area (Å²) in [5, 5.41) is 7.50. The Hall–Kier alpha value is -4.26. The lowest BCUT2D eigenvalue weighted by molar-refractivity contribution is 0.122. The van der Waals surface area contributed by atoms with E-state index in [0.29, 0.717) is 0 Å². The Morgan fingerprint density at radius 1 is 0.450 bits per heavy atom. The summed E-state index contributed by atoms with van der Waals surface area (Å²) >= 11 is 0. The van der Waals surface area contributed by atoms with Crippen LogP contribution < -0.4 is 20.4 Å². The summed E-state index contributed by atoms with van der Waals surface area (Å²) in [5.74, 6) is 0. The van der Waals surface area contributed by atoms with E-state index in [4.69, 9.17) is 9.47 Å². The highest BCUT2D eigenvalue weighted by Crippen LogP contribution is 2.32. The van der Waals surface area contributed by atoms with E-state index in [9.17, 15) is 0 Å². The first-order valence-electron chi connectivity index (χ1n) is 14.1. The molecule has 2 N–H and O–H groups in total. The maximum atomic E-state index is 5.56. The molecule has 0 saturated carbocycles. The fraction of sp³-hybridized carbons (Fsp3) is 0.235. The lowest BCUT2D eigenvalue weighted by atomic mass is 10.0. The molecule has 2 aliphatic rings. The third kappa shape index (κ3) is 6.30. The zero-order chi connectivity index (χ0) is 27.0. The van der Waals surface area contributed by atoms with E-state index in [2.05, 4.69) is 117 Å². The molecule has 4 aromatic rings. The zero-order valence-electron chi connectivity index (χ0n) is 22.8. The van der Waals surface area contributed by atoms with Crippen LogP contribution in [0.1, 0.15) is 11.1 Å². The summed E-state index contributed by atoms with van der Waals surface area (Å²) < 4.78 is 11.1. The molecule has 40 heavy (non-hydrogen) atoms. The van der Waals surface area contributed by atoms with Gasteiger partial charge in [0, 0.05) is 60.1 Å². The molecule has 6 heteroatoms. The quantitative estimate of drug-likeness (QED) is 0.256. The van der Waals surface area contributed by atoms with Crippen LogP contribution in [0.15, 0.2) is 109 Å². The monoisotopic (exact) mass is 532 g/mol. The lowest BCUT2D eigenvalue weighted by Crippen LogP contribution is -2.36. The number of hydrogen-bond acceptors (Lipinski definition) is 6.